The molecular weight excluding hydrogens is 270 g/mol. The zero-order valence-electron chi connectivity index (χ0n) is 12.9. The average molecular weight is 295 g/mol. The summed E-state index contributed by atoms with van der Waals surface area (Å²) in [6, 6.07) is 2.84. The summed E-state index contributed by atoms with van der Waals surface area (Å²) in [5.41, 5.74) is 0.0904. The number of rotatable bonds is 10. The second-order valence-electron chi connectivity index (χ2n) is 4.86. The Kier molecular flexibility index (Phi) is 8.35. The van der Waals surface area contributed by atoms with Crippen molar-refractivity contribution < 1.29 is 9.53 Å². The fourth-order valence-corrected chi connectivity index (χ4v) is 1.76. The van der Waals surface area contributed by atoms with Crippen LogP contribution in [0.1, 0.15) is 50.0 Å². The lowest BCUT2D eigenvalue weighted by molar-refractivity contribution is 0.0933. The van der Waals surface area contributed by atoms with Crippen molar-refractivity contribution in [3.63, 3.8) is 0 Å². The van der Waals surface area contributed by atoms with Gasteiger partial charge in [-0.25, -0.2) is 4.68 Å². The highest BCUT2D eigenvalue weighted by molar-refractivity contribution is 5.91. The number of amides is 1. The fraction of sp³-hybridized carbons (Fsp3) is 0.667. The second-order valence-corrected chi connectivity index (χ2v) is 4.86. The number of ether oxygens (including phenoxy) is 1. The van der Waals surface area contributed by atoms with Gasteiger partial charge in [-0.15, -0.1) is 0 Å². The normalized spacial score (nSPS) is 10.6. The molecule has 0 radical (unpaired) electrons. The number of aryl methyl sites for hydroxylation is 1. The molecule has 0 spiro atoms. The van der Waals surface area contributed by atoms with E-state index in [0.29, 0.717) is 19.7 Å². The number of hydrogen-bond acceptors (Lipinski definition) is 4. The standard InChI is InChI=1S/C15H25N3O3/c1-3-5-11-21-12-6-9-16-15(20)13-7-8-14(19)18(17-13)10-4-2/h7-8H,3-6,9-12H2,1-2H3,(H,16,20). The van der Waals surface area contributed by atoms with Gasteiger partial charge in [-0.05, 0) is 25.3 Å². The largest absolute Gasteiger partial charge is 0.381 e. The van der Waals surface area contributed by atoms with Gasteiger partial charge in [-0.1, -0.05) is 20.3 Å². The lowest BCUT2D eigenvalue weighted by Crippen LogP contribution is -2.30. The molecule has 6 heteroatoms. The Morgan fingerprint density at radius 2 is 2.00 bits per heavy atom. The van der Waals surface area contributed by atoms with Crippen LogP contribution in [0.2, 0.25) is 0 Å². The molecule has 0 saturated heterocycles. The maximum Gasteiger partial charge on any atom is 0.271 e. The molecule has 0 unspecified atom stereocenters. The summed E-state index contributed by atoms with van der Waals surface area (Å²) < 4.78 is 6.74. The molecule has 21 heavy (non-hydrogen) atoms. The minimum atomic E-state index is -0.256. The van der Waals surface area contributed by atoms with Gasteiger partial charge in [-0.2, -0.15) is 5.10 Å². The van der Waals surface area contributed by atoms with E-state index in [0.717, 1.165) is 32.3 Å². The smallest absolute Gasteiger partial charge is 0.271 e. The molecule has 0 bridgehead atoms. The van der Waals surface area contributed by atoms with Crippen molar-refractivity contribution in [1.82, 2.24) is 15.1 Å². The number of nitrogens with one attached hydrogen (secondary N) is 1. The molecule has 1 aromatic heterocycles. The van der Waals surface area contributed by atoms with Gasteiger partial charge in [0.25, 0.3) is 11.5 Å². The van der Waals surface area contributed by atoms with E-state index in [1.165, 1.54) is 16.8 Å². The maximum absolute atomic E-state index is 11.9. The van der Waals surface area contributed by atoms with Crippen molar-refractivity contribution in [1.29, 1.82) is 0 Å². The van der Waals surface area contributed by atoms with Gasteiger partial charge in [0.05, 0.1) is 0 Å². The molecule has 0 aliphatic carbocycles. The summed E-state index contributed by atoms with van der Waals surface area (Å²) >= 11 is 0. The zero-order chi connectivity index (χ0) is 15.5. The second kappa shape index (κ2) is 10.1. The quantitative estimate of drug-likeness (QED) is 0.665. The monoisotopic (exact) mass is 295 g/mol. The molecule has 1 rings (SSSR count). The summed E-state index contributed by atoms with van der Waals surface area (Å²) in [6.07, 6.45) is 3.75. The van der Waals surface area contributed by atoms with E-state index in [9.17, 15) is 9.59 Å². The summed E-state index contributed by atoms with van der Waals surface area (Å²) in [6.45, 7) is 6.55. The predicted octanol–water partition coefficient (Wildman–Crippen LogP) is 1.59. The first-order chi connectivity index (χ1) is 10.2. The van der Waals surface area contributed by atoms with Gasteiger partial charge in [0.1, 0.15) is 5.69 Å². The lowest BCUT2D eigenvalue weighted by atomic mass is 10.3. The van der Waals surface area contributed by atoms with Crippen LogP contribution >= 0.6 is 0 Å². The molecule has 1 aromatic rings. The topological polar surface area (TPSA) is 73.2 Å². The maximum atomic E-state index is 11.9. The molecule has 0 aromatic carbocycles. The Morgan fingerprint density at radius 3 is 2.71 bits per heavy atom. The van der Waals surface area contributed by atoms with Crippen LogP contribution in [0.25, 0.3) is 0 Å². The van der Waals surface area contributed by atoms with Crippen molar-refractivity contribution in [3.8, 4) is 0 Å². The molecule has 0 saturated carbocycles. The third-order valence-electron chi connectivity index (χ3n) is 2.93. The Bertz CT molecular complexity index is 485. The lowest BCUT2D eigenvalue weighted by Gasteiger charge is -2.07. The number of carbonyl (C=O) groups excluding carboxylic acids is 1. The molecule has 0 aliphatic heterocycles. The van der Waals surface area contributed by atoms with Crippen molar-refractivity contribution in [2.24, 2.45) is 0 Å². The van der Waals surface area contributed by atoms with Crippen LogP contribution in [-0.4, -0.2) is 35.4 Å². The molecular formula is C15H25N3O3. The Morgan fingerprint density at radius 1 is 1.24 bits per heavy atom. The Balaban J connectivity index is 2.35. The van der Waals surface area contributed by atoms with Crippen LogP contribution in [0, 0.1) is 0 Å². The van der Waals surface area contributed by atoms with Crippen LogP contribution in [-0.2, 0) is 11.3 Å². The highest BCUT2D eigenvalue weighted by Gasteiger charge is 2.08. The third kappa shape index (κ3) is 6.53. The fourth-order valence-electron chi connectivity index (χ4n) is 1.76. The molecule has 1 N–H and O–H groups in total. The highest BCUT2D eigenvalue weighted by atomic mass is 16.5. The number of carbonyl (C=O) groups is 1. The molecule has 0 aliphatic rings. The predicted molar refractivity (Wildman–Crippen MR) is 81.5 cm³/mol. The van der Waals surface area contributed by atoms with Crippen LogP contribution in [0.3, 0.4) is 0 Å². The number of aromatic nitrogens is 2. The van der Waals surface area contributed by atoms with Crippen molar-refractivity contribution in [3.05, 3.63) is 28.2 Å². The van der Waals surface area contributed by atoms with E-state index in [4.69, 9.17) is 4.74 Å². The van der Waals surface area contributed by atoms with Crippen LogP contribution in [0.15, 0.2) is 16.9 Å². The van der Waals surface area contributed by atoms with E-state index in [-0.39, 0.29) is 17.2 Å². The molecule has 1 amide bonds. The van der Waals surface area contributed by atoms with Gasteiger partial charge in [0.2, 0.25) is 0 Å². The van der Waals surface area contributed by atoms with Gasteiger partial charge in [0.15, 0.2) is 0 Å². The van der Waals surface area contributed by atoms with E-state index in [1.54, 1.807) is 0 Å². The van der Waals surface area contributed by atoms with E-state index < -0.39 is 0 Å². The van der Waals surface area contributed by atoms with Crippen molar-refractivity contribution >= 4 is 5.91 Å². The van der Waals surface area contributed by atoms with Crippen LogP contribution in [0.5, 0.6) is 0 Å². The SMILES string of the molecule is CCCCOCCCNC(=O)c1ccc(=O)n(CCC)n1. The highest BCUT2D eigenvalue weighted by Crippen LogP contribution is 1.93. The van der Waals surface area contributed by atoms with E-state index in [1.807, 2.05) is 6.92 Å². The van der Waals surface area contributed by atoms with Crippen LogP contribution < -0.4 is 10.9 Å². The average Bonchev–Trinajstić information content (AvgIpc) is 2.48. The van der Waals surface area contributed by atoms with Crippen LogP contribution in [0.4, 0.5) is 0 Å². The third-order valence-corrected chi connectivity index (χ3v) is 2.93. The Labute approximate surface area is 125 Å². The summed E-state index contributed by atoms with van der Waals surface area (Å²) in [4.78, 5) is 23.4. The minimum Gasteiger partial charge on any atom is -0.381 e. The number of nitrogens with zero attached hydrogens (tertiary/aromatic N) is 2. The molecule has 6 nitrogen and oxygen atoms in total. The Hall–Kier alpha value is -1.69. The molecule has 118 valence electrons. The summed E-state index contributed by atoms with van der Waals surface area (Å²) in [7, 11) is 0. The van der Waals surface area contributed by atoms with Crippen molar-refractivity contribution in [2.75, 3.05) is 19.8 Å². The number of unbranched alkanes of at least 4 members (excludes halogenated alkanes) is 1. The zero-order valence-corrected chi connectivity index (χ0v) is 12.9. The van der Waals surface area contributed by atoms with E-state index >= 15 is 0 Å². The first-order valence-electron chi connectivity index (χ1n) is 7.63. The van der Waals surface area contributed by atoms with Gasteiger partial charge < -0.3 is 10.1 Å². The van der Waals surface area contributed by atoms with Crippen molar-refractivity contribution in [2.45, 2.75) is 46.1 Å². The summed E-state index contributed by atoms with van der Waals surface area (Å²) in [5, 5.41) is 6.84. The van der Waals surface area contributed by atoms with Gasteiger partial charge >= 0.3 is 0 Å². The molecule has 0 atom stereocenters. The first-order valence-corrected chi connectivity index (χ1v) is 7.63. The summed E-state index contributed by atoms with van der Waals surface area (Å²) in [5.74, 6) is -0.256. The van der Waals surface area contributed by atoms with E-state index in [2.05, 4.69) is 17.3 Å². The van der Waals surface area contributed by atoms with Gasteiger partial charge in [0, 0.05) is 32.4 Å². The van der Waals surface area contributed by atoms with Gasteiger partial charge in [-0.3, -0.25) is 9.59 Å². The molecule has 1 heterocycles. The number of hydrogen-bond donors (Lipinski definition) is 1. The molecule has 0 fully saturated rings. The minimum absolute atomic E-state index is 0.183. The first kappa shape index (κ1) is 17.4.